The van der Waals surface area contributed by atoms with E-state index in [1.165, 1.54) is 38.8 Å². The van der Waals surface area contributed by atoms with Crippen LogP contribution < -0.4 is 0 Å². The van der Waals surface area contributed by atoms with Crippen molar-refractivity contribution in [3.05, 3.63) is 0 Å². The fourth-order valence-corrected chi connectivity index (χ4v) is 3.44. The predicted octanol–water partition coefficient (Wildman–Crippen LogP) is 2.66. The third-order valence-electron chi connectivity index (χ3n) is 4.64. The van der Waals surface area contributed by atoms with E-state index in [2.05, 4.69) is 18.7 Å². The molecule has 0 spiro atoms. The van der Waals surface area contributed by atoms with Crippen molar-refractivity contribution in [1.82, 2.24) is 4.90 Å². The molecule has 1 aliphatic heterocycles. The summed E-state index contributed by atoms with van der Waals surface area (Å²) in [4.78, 5) is 2.65. The van der Waals surface area contributed by atoms with Gasteiger partial charge in [0.1, 0.15) is 0 Å². The molecule has 0 amide bonds. The van der Waals surface area contributed by atoms with Gasteiger partial charge in [0.15, 0.2) is 0 Å². The van der Waals surface area contributed by atoms with Crippen molar-refractivity contribution < 1.29 is 5.11 Å². The van der Waals surface area contributed by atoms with Crippen LogP contribution in [0.3, 0.4) is 0 Å². The Hall–Kier alpha value is -0.0800. The fraction of sp³-hybridized carbons (Fsp3) is 1.00. The summed E-state index contributed by atoms with van der Waals surface area (Å²) in [5.74, 6) is 1.77. The van der Waals surface area contributed by atoms with Gasteiger partial charge in [-0.3, -0.25) is 0 Å². The van der Waals surface area contributed by atoms with Crippen LogP contribution in [0.25, 0.3) is 0 Å². The highest BCUT2D eigenvalue weighted by Gasteiger charge is 2.29. The van der Waals surface area contributed by atoms with Crippen molar-refractivity contribution in [2.24, 2.45) is 11.8 Å². The Balaban J connectivity index is 1.84. The summed E-state index contributed by atoms with van der Waals surface area (Å²) in [5.41, 5.74) is 0. The van der Waals surface area contributed by atoms with E-state index in [0.29, 0.717) is 6.04 Å². The number of hydrogen-bond acceptors (Lipinski definition) is 2. The quantitative estimate of drug-likeness (QED) is 0.781. The minimum atomic E-state index is -0.0193. The van der Waals surface area contributed by atoms with Gasteiger partial charge in [0.25, 0.3) is 0 Å². The van der Waals surface area contributed by atoms with Crippen molar-refractivity contribution in [2.45, 2.75) is 64.5 Å². The second kappa shape index (κ2) is 5.50. The molecule has 2 rings (SSSR count). The van der Waals surface area contributed by atoms with E-state index in [0.717, 1.165) is 24.7 Å². The lowest BCUT2D eigenvalue weighted by Crippen LogP contribution is -2.34. The molecular weight excluding hydrogens is 198 g/mol. The van der Waals surface area contributed by atoms with Crippen molar-refractivity contribution >= 4 is 0 Å². The molecule has 0 bridgehead atoms. The Bertz CT molecular complexity index is 217. The SMILES string of the molecule is CC(C)C1CCCN(C2CCC(O)C2)CC1. The zero-order valence-corrected chi connectivity index (χ0v) is 10.9. The number of hydrogen-bond donors (Lipinski definition) is 1. The molecule has 0 aromatic carbocycles. The average molecular weight is 225 g/mol. The molecule has 3 atom stereocenters. The molecule has 2 nitrogen and oxygen atoms in total. The van der Waals surface area contributed by atoms with Crippen LogP contribution in [0.15, 0.2) is 0 Å². The minimum Gasteiger partial charge on any atom is -0.393 e. The topological polar surface area (TPSA) is 23.5 Å². The fourth-order valence-electron chi connectivity index (χ4n) is 3.44. The van der Waals surface area contributed by atoms with Gasteiger partial charge >= 0.3 is 0 Å². The zero-order chi connectivity index (χ0) is 11.5. The van der Waals surface area contributed by atoms with Crippen LogP contribution in [0.1, 0.15) is 52.4 Å². The highest BCUT2D eigenvalue weighted by atomic mass is 16.3. The summed E-state index contributed by atoms with van der Waals surface area (Å²) >= 11 is 0. The van der Waals surface area contributed by atoms with Gasteiger partial charge in [-0.15, -0.1) is 0 Å². The Labute approximate surface area is 100 Å². The molecular formula is C14H27NO. The second-order valence-electron chi connectivity index (χ2n) is 6.09. The van der Waals surface area contributed by atoms with Crippen molar-refractivity contribution in [3.8, 4) is 0 Å². The van der Waals surface area contributed by atoms with E-state index in [-0.39, 0.29) is 6.10 Å². The smallest absolute Gasteiger partial charge is 0.0555 e. The standard InChI is InChI=1S/C14H27NO/c1-11(2)12-4-3-8-15(9-7-12)13-5-6-14(16)10-13/h11-14,16H,3-10H2,1-2H3. The molecule has 3 unspecified atom stereocenters. The number of likely N-dealkylation sites (tertiary alicyclic amines) is 1. The number of aliphatic hydroxyl groups excluding tert-OH is 1. The van der Waals surface area contributed by atoms with Crippen molar-refractivity contribution in [1.29, 1.82) is 0 Å². The molecule has 0 aromatic rings. The monoisotopic (exact) mass is 225 g/mol. The lowest BCUT2D eigenvalue weighted by molar-refractivity contribution is 0.151. The molecule has 1 aliphatic carbocycles. The van der Waals surface area contributed by atoms with Gasteiger partial charge in [0.05, 0.1) is 6.10 Å². The first-order valence-electron chi connectivity index (χ1n) is 7.09. The number of rotatable bonds is 2. The molecule has 94 valence electrons. The van der Waals surface area contributed by atoms with Crippen LogP contribution in [0.4, 0.5) is 0 Å². The molecule has 0 aromatic heterocycles. The maximum absolute atomic E-state index is 9.61. The van der Waals surface area contributed by atoms with E-state index in [1.54, 1.807) is 0 Å². The molecule has 1 saturated heterocycles. The first-order chi connectivity index (χ1) is 7.66. The molecule has 2 heteroatoms. The molecule has 0 radical (unpaired) electrons. The summed E-state index contributed by atoms with van der Waals surface area (Å²) in [7, 11) is 0. The van der Waals surface area contributed by atoms with Crippen LogP contribution in [0.2, 0.25) is 0 Å². The predicted molar refractivity (Wildman–Crippen MR) is 67.4 cm³/mol. The van der Waals surface area contributed by atoms with Crippen LogP contribution in [-0.2, 0) is 0 Å². The third kappa shape index (κ3) is 2.98. The maximum atomic E-state index is 9.61. The summed E-state index contributed by atoms with van der Waals surface area (Å²) in [6.45, 7) is 7.25. The number of aliphatic hydroxyl groups is 1. The molecule has 1 saturated carbocycles. The van der Waals surface area contributed by atoms with Crippen LogP contribution in [0.5, 0.6) is 0 Å². The lowest BCUT2D eigenvalue weighted by atomic mass is 9.89. The van der Waals surface area contributed by atoms with Crippen molar-refractivity contribution in [2.75, 3.05) is 13.1 Å². The van der Waals surface area contributed by atoms with Gasteiger partial charge in [0, 0.05) is 6.04 Å². The Kier molecular flexibility index (Phi) is 4.26. The van der Waals surface area contributed by atoms with Crippen LogP contribution in [-0.4, -0.2) is 35.2 Å². The summed E-state index contributed by atoms with van der Waals surface area (Å²) < 4.78 is 0. The van der Waals surface area contributed by atoms with Gasteiger partial charge in [-0.2, -0.15) is 0 Å². The Morgan fingerprint density at radius 1 is 1.06 bits per heavy atom. The van der Waals surface area contributed by atoms with E-state index in [4.69, 9.17) is 0 Å². The third-order valence-corrected chi connectivity index (χ3v) is 4.64. The van der Waals surface area contributed by atoms with Crippen LogP contribution in [0, 0.1) is 11.8 Å². The second-order valence-corrected chi connectivity index (χ2v) is 6.09. The Morgan fingerprint density at radius 3 is 2.50 bits per heavy atom. The molecule has 2 aliphatic rings. The van der Waals surface area contributed by atoms with Gasteiger partial charge in [-0.25, -0.2) is 0 Å². The minimum absolute atomic E-state index is 0.0193. The number of nitrogens with zero attached hydrogens (tertiary/aromatic N) is 1. The zero-order valence-electron chi connectivity index (χ0n) is 10.9. The lowest BCUT2D eigenvalue weighted by Gasteiger charge is -2.27. The first kappa shape index (κ1) is 12.4. The van der Waals surface area contributed by atoms with E-state index < -0.39 is 0 Å². The van der Waals surface area contributed by atoms with Gasteiger partial charge in [0.2, 0.25) is 0 Å². The van der Waals surface area contributed by atoms with Gasteiger partial charge in [-0.1, -0.05) is 13.8 Å². The summed E-state index contributed by atoms with van der Waals surface area (Å²) in [5, 5.41) is 9.61. The average Bonchev–Trinajstić information content (AvgIpc) is 2.54. The first-order valence-corrected chi connectivity index (χ1v) is 7.09. The molecule has 16 heavy (non-hydrogen) atoms. The summed E-state index contributed by atoms with van der Waals surface area (Å²) in [6.07, 6.45) is 7.37. The summed E-state index contributed by atoms with van der Waals surface area (Å²) in [6, 6.07) is 0.681. The molecule has 1 heterocycles. The van der Waals surface area contributed by atoms with Crippen molar-refractivity contribution in [3.63, 3.8) is 0 Å². The van der Waals surface area contributed by atoms with E-state index in [1.807, 2.05) is 0 Å². The van der Waals surface area contributed by atoms with E-state index >= 15 is 0 Å². The van der Waals surface area contributed by atoms with Gasteiger partial charge in [-0.05, 0) is 63.5 Å². The van der Waals surface area contributed by atoms with E-state index in [9.17, 15) is 5.11 Å². The maximum Gasteiger partial charge on any atom is 0.0555 e. The largest absolute Gasteiger partial charge is 0.393 e. The van der Waals surface area contributed by atoms with Crippen LogP contribution >= 0.6 is 0 Å². The highest BCUT2D eigenvalue weighted by molar-refractivity contribution is 4.84. The Morgan fingerprint density at radius 2 is 1.88 bits per heavy atom. The molecule has 1 N–H and O–H groups in total. The van der Waals surface area contributed by atoms with Gasteiger partial charge < -0.3 is 10.0 Å². The normalized spacial score (nSPS) is 37.9. The highest BCUT2D eigenvalue weighted by Crippen LogP contribution is 2.29. The molecule has 2 fully saturated rings.